The minimum absolute atomic E-state index is 0.155. The molecule has 0 saturated carbocycles. The summed E-state index contributed by atoms with van der Waals surface area (Å²) in [4.78, 5) is 13.1. The van der Waals surface area contributed by atoms with E-state index in [9.17, 15) is 10.0 Å². The molecule has 2 aromatic rings. The minimum Gasteiger partial charge on any atom is -0.326 e. The van der Waals surface area contributed by atoms with Crippen molar-refractivity contribution >= 4 is 46.7 Å². The van der Waals surface area contributed by atoms with Crippen molar-refractivity contribution in [3.8, 4) is 0 Å². The lowest BCUT2D eigenvalue weighted by molar-refractivity contribution is -0.129. The third-order valence-corrected chi connectivity index (χ3v) is 5.05. The molecule has 5 nitrogen and oxygen atoms in total. The highest BCUT2D eigenvalue weighted by Crippen LogP contribution is 2.27. The fraction of sp³-hybridized carbons (Fsp3) is 0.235. The number of benzene rings is 2. The quantitative estimate of drug-likeness (QED) is 0.546. The van der Waals surface area contributed by atoms with Gasteiger partial charge < -0.3 is 5.32 Å². The molecule has 0 unspecified atom stereocenters. The fourth-order valence-corrected chi connectivity index (χ4v) is 2.97. The number of amides is 1. The summed E-state index contributed by atoms with van der Waals surface area (Å²) >= 11 is 13.0. The van der Waals surface area contributed by atoms with E-state index in [2.05, 4.69) is 5.32 Å². The zero-order chi connectivity index (χ0) is 18.6. The van der Waals surface area contributed by atoms with Crippen LogP contribution in [-0.2, 0) is 11.2 Å². The smallest absolute Gasteiger partial charge is 0.228 e. The van der Waals surface area contributed by atoms with Gasteiger partial charge in [0.2, 0.25) is 5.91 Å². The number of hydrogen-bond donors (Lipinski definition) is 2. The number of rotatable bonds is 6. The van der Waals surface area contributed by atoms with E-state index in [0.717, 1.165) is 32.5 Å². The third-order valence-electron chi connectivity index (χ3n) is 3.36. The van der Waals surface area contributed by atoms with E-state index in [1.54, 1.807) is 32.3 Å². The lowest BCUT2D eigenvalue weighted by Crippen LogP contribution is -2.27. The van der Waals surface area contributed by atoms with E-state index in [1.165, 1.54) is 5.01 Å². The maximum atomic E-state index is 12.3. The van der Waals surface area contributed by atoms with Crippen LogP contribution in [0.15, 0.2) is 41.3 Å². The van der Waals surface area contributed by atoms with Gasteiger partial charge in [-0.1, -0.05) is 39.9 Å². The maximum absolute atomic E-state index is 12.3. The highest BCUT2D eigenvalue weighted by molar-refractivity contribution is 7.96. The van der Waals surface area contributed by atoms with Gasteiger partial charge in [-0.25, -0.2) is 5.01 Å². The number of aryl methyl sites for hydroxylation is 1. The van der Waals surface area contributed by atoms with E-state index < -0.39 is 0 Å². The summed E-state index contributed by atoms with van der Waals surface area (Å²) in [7, 11) is 3.45. The van der Waals surface area contributed by atoms with Gasteiger partial charge in [-0.3, -0.25) is 10.0 Å². The summed E-state index contributed by atoms with van der Waals surface area (Å²) in [6.07, 6.45) is 0.192. The first-order chi connectivity index (χ1) is 11.8. The first kappa shape index (κ1) is 20.0. The van der Waals surface area contributed by atoms with Gasteiger partial charge in [0.05, 0.1) is 16.5 Å². The summed E-state index contributed by atoms with van der Waals surface area (Å²) < 4.78 is 1.01. The van der Waals surface area contributed by atoms with Crippen LogP contribution in [0.2, 0.25) is 10.0 Å². The second-order valence-corrected chi connectivity index (χ2v) is 7.44. The molecule has 0 aliphatic heterocycles. The first-order valence-corrected chi connectivity index (χ1v) is 8.98. The molecule has 25 heavy (non-hydrogen) atoms. The van der Waals surface area contributed by atoms with Gasteiger partial charge in [0, 0.05) is 36.6 Å². The Morgan fingerprint density at radius 3 is 2.52 bits per heavy atom. The molecule has 134 valence electrons. The molecular weight excluding hydrogens is 381 g/mol. The van der Waals surface area contributed by atoms with Crippen LogP contribution in [0.5, 0.6) is 0 Å². The van der Waals surface area contributed by atoms with E-state index in [-0.39, 0.29) is 12.3 Å². The van der Waals surface area contributed by atoms with Gasteiger partial charge in [0.15, 0.2) is 0 Å². The van der Waals surface area contributed by atoms with E-state index in [1.807, 2.05) is 25.1 Å². The molecule has 0 atom stereocenters. The molecule has 0 bridgehead atoms. The van der Waals surface area contributed by atoms with Crippen LogP contribution < -0.4 is 5.32 Å². The van der Waals surface area contributed by atoms with Crippen LogP contribution >= 0.6 is 35.1 Å². The van der Waals surface area contributed by atoms with Crippen molar-refractivity contribution in [3.63, 3.8) is 0 Å². The van der Waals surface area contributed by atoms with Crippen molar-refractivity contribution in [2.24, 2.45) is 0 Å². The zero-order valence-corrected chi connectivity index (χ0v) is 16.4. The number of nitrogens with one attached hydrogen (secondary N) is 1. The number of nitrogens with zero attached hydrogens (tertiary/aromatic N) is 2. The summed E-state index contributed by atoms with van der Waals surface area (Å²) in [5, 5.41) is 15.1. The normalized spacial score (nSPS) is 11.2. The van der Waals surface area contributed by atoms with Crippen LogP contribution in [0.25, 0.3) is 0 Å². The average Bonchev–Trinajstić information content (AvgIpc) is 2.54. The molecule has 1 amide bonds. The Hall–Kier alpha value is -1.28. The second kappa shape index (κ2) is 8.89. The Morgan fingerprint density at radius 2 is 1.88 bits per heavy atom. The summed E-state index contributed by atoms with van der Waals surface area (Å²) in [5.74, 6) is -0.155. The van der Waals surface area contributed by atoms with E-state index in [4.69, 9.17) is 23.2 Å². The van der Waals surface area contributed by atoms with E-state index in [0.29, 0.717) is 15.7 Å². The highest BCUT2D eigenvalue weighted by Gasteiger charge is 2.11. The molecule has 0 aromatic heterocycles. The molecule has 2 aromatic carbocycles. The van der Waals surface area contributed by atoms with E-state index >= 15 is 0 Å². The van der Waals surface area contributed by atoms with Crippen LogP contribution in [0.3, 0.4) is 0 Å². The van der Waals surface area contributed by atoms with Crippen molar-refractivity contribution in [1.82, 2.24) is 9.59 Å². The molecule has 0 aliphatic rings. The summed E-state index contributed by atoms with van der Waals surface area (Å²) in [6, 6.07) is 10.7. The maximum Gasteiger partial charge on any atom is 0.228 e. The Morgan fingerprint density at radius 1 is 1.16 bits per heavy atom. The van der Waals surface area contributed by atoms with Crippen molar-refractivity contribution in [2.75, 3.05) is 19.4 Å². The predicted octanol–water partition coefficient (Wildman–Crippen LogP) is 4.66. The Balaban J connectivity index is 2.07. The summed E-state index contributed by atoms with van der Waals surface area (Å²) in [6.45, 7) is 1.91. The minimum atomic E-state index is -0.155. The van der Waals surface area contributed by atoms with Crippen molar-refractivity contribution < 1.29 is 10.0 Å². The fourth-order valence-electron chi connectivity index (χ4n) is 2.00. The molecule has 2 rings (SSSR count). The number of anilines is 1. The van der Waals surface area contributed by atoms with Crippen LogP contribution in [-0.4, -0.2) is 34.8 Å². The molecule has 0 radical (unpaired) electrons. The standard InChI is InChI=1S/C17H19Cl2N3O2S/c1-11-4-6-13(25-22(24)21(2)3)10-16(11)20-17(23)9-12-5-7-14(18)15(19)8-12/h4-8,10,24H,9H2,1-3H3,(H,20,23). The first-order valence-electron chi connectivity index (χ1n) is 7.45. The average molecular weight is 400 g/mol. The molecule has 0 aliphatic carbocycles. The molecule has 2 N–H and O–H groups in total. The molecule has 0 saturated heterocycles. The zero-order valence-electron chi connectivity index (χ0n) is 14.1. The van der Waals surface area contributed by atoms with Crippen molar-refractivity contribution in [3.05, 3.63) is 57.6 Å². The number of hydrazine groups is 1. The van der Waals surface area contributed by atoms with Crippen LogP contribution in [0.4, 0.5) is 5.69 Å². The number of carbonyl (C=O) groups excluding carboxylic acids is 1. The lowest BCUT2D eigenvalue weighted by atomic mass is 10.1. The van der Waals surface area contributed by atoms with Gasteiger partial charge >= 0.3 is 0 Å². The van der Waals surface area contributed by atoms with Crippen LogP contribution in [0, 0.1) is 6.92 Å². The van der Waals surface area contributed by atoms with Gasteiger partial charge in [0.25, 0.3) is 0 Å². The number of halogens is 2. The number of hydrogen-bond acceptors (Lipinski definition) is 5. The Labute approximate surface area is 161 Å². The Kier molecular flexibility index (Phi) is 7.13. The van der Waals surface area contributed by atoms with Crippen LogP contribution in [0.1, 0.15) is 11.1 Å². The Bertz CT molecular complexity index is 772. The lowest BCUT2D eigenvalue weighted by Gasteiger charge is -2.20. The van der Waals surface area contributed by atoms with Gasteiger partial charge in [-0.2, -0.15) is 0 Å². The molecular formula is C17H19Cl2N3O2S. The van der Waals surface area contributed by atoms with Gasteiger partial charge in [0.1, 0.15) is 0 Å². The van der Waals surface area contributed by atoms with Crippen molar-refractivity contribution in [2.45, 2.75) is 18.2 Å². The molecule has 0 spiro atoms. The molecule has 0 fully saturated rings. The second-order valence-electron chi connectivity index (χ2n) is 5.64. The highest BCUT2D eigenvalue weighted by atomic mass is 35.5. The summed E-state index contributed by atoms with van der Waals surface area (Å²) in [5.41, 5.74) is 2.41. The van der Waals surface area contributed by atoms with Gasteiger partial charge in [-0.05, 0) is 42.3 Å². The molecule has 8 heteroatoms. The monoisotopic (exact) mass is 399 g/mol. The SMILES string of the molecule is Cc1ccc(SN(O)N(C)C)cc1NC(=O)Cc1ccc(Cl)c(Cl)c1. The number of carbonyl (C=O) groups is 1. The largest absolute Gasteiger partial charge is 0.326 e. The van der Waals surface area contributed by atoms with Crippen molar-refractivity contribution in [1.29, 1.82) is 0 Å². The third kappa shape index (κ3) is 5.88. The molecule has 0 heterocycles. The topological polar surface area (TPSA) is 55.8 Å². The predicted molar refractivity (Wildman–Crippen MR) is 103 cm³/mol. The van der Waals surface area contributed by atoms with Gasteiger partial charge in [-0.15, -0.1) is 0 Å².